The number of aryl methyl sites for hydroxylation is 2. The molecule has 0 spiro atoms. The number of hydrogen-bond donors (Lipinski definition) is 1. The lowest BCUT2D eigenvalue weighted by Crippen LogP contribution is -2.20. The highest BCUT2D eigenvalue weighted by Gasteiger charge is 2.20. The number of nitrogens with two attached hydrogens (primary N) is 1. The second-order valence-electron chi connectivity index (χ2n) is 3.96. The van der Waals surface area contributed by atoms with Crippen LogP contribution < -0.4 is 5.73 Å². The summed E-state index contributed by atoms with van der Waals surface area (Å²) < 4.78 is 3.62. The van der Waals surface area contributed by atoms with Crippen LogP contribution in [0.4, 0.5) is 0 Å². The van der Waals surface area contributed by atoms with Crippen molar-refractivity contribution in [1.29, 1.82) is 0 Å². The zero-order chi connectivity index (χ0) is 12.4. The van der Waals surface area contributed by atoms with Gasteiger partial charge in [0.05, 0.1) is 28.6 Å². The van der Waals surface area contributed by atoms with Gasteiger partial charge in [-0.25, -0.2) is 0 Å². The largest absolute Gasteiger partial charge is 0.318 e. The first-order valence-corrected chi connectivity index (χ1v) is 5.97. The maximum atomic E-state index is 6.23. The predicted molar refractivity (Wildman–Crippen MR) is 66.8 cm³/mol. The molecule has 0 saturated carbocycles. The van der Waals surface area contributed by atoms with Crippen molar-refractivity contribution in [3.05, 3.63) is 34.9 Å². The quantitative estimate of drug-likeness (QED) is 0.903. The van der Waals surface area contributed by atoms with E-state index < -0.39 is 0 Å². The van der Waals surface area contributed by atoms with Gasteiger partial charge >= 0.3 is 0 Å². The Morgan fingerprint density at radius 2 is 2.24 bits per heavy atom. The predicted octanol–water partition coefficient (Wildman–Crippen LogP) is 1.73. The molecule has 92 valence electrons. The van der Waals surface area contributed by atoms with E-state index in [0.29, 0.717) is 5.02 Å². The van der Waals surface area contributed by atoms with Gasteiger partial charge in [-0.3, -0.25) is 9.36 Å². The zero-order valence-electron chi connectivity index (χ0n) is 9.97. The minimum absolute atomic E-state index is 0.302. The summed E-state index contributed by atoms with van der Waals surface area (Å²) in [5.41, 5.74) is 8.00. The highest BCUT2D eigenvalue weighted by Crippen LogP contribution is 2.26. The monoisotopic (exact) mass is 253 g/mol. The number of rotatable bonds is 4. The highest BCUT2D eigenvalue weighted by atomic mass is 35.5. The maximum Gasteiger partial charge on any atom is 0.0908 e. The minimum Gasteiger partial charge on any atom is -0.318 e. The molecule has 0 amide bonds. The summed E-state index contributed by atoms with van der Waals surface area (Å²) in [7, 11) is 1.86. The van der Waals surface area contributed by atoms with Crippen molar-refractivity contribution >= 4 is 11.6 Å². The van der Waals surface area contributed by atoms with E-state index in [1.165, 1.54) is 0 Å². The summed E-state index contributed by atoms with van der Waals surface area (Å²) in [6.07, 6.45) is 4.36. The van der Waals surface area contributed by atoms with E-state index in [9.17, 15) is 0 Å². The van der Waals surface area contributed by atoms with Gasteiger partial charge in [0.2, 0.25) is 0 Å². The summed E-state index contributed by atoms with van der Waals surface area (Å²) in [4.78, 5) is 0. The lowest BCUT2D eigenvalue weighted by atomic mass is 10.1. The Balaban J connectivity index is 2.39. The lowest BCUT2D eigenvalue weighted by molar-refractivity contribution is 0.547. The van der Waals surface area contributed by atoms with Crippen molar-refractivity contribution in [3.63, 3.8) is 0 Å². The van der Waals surface area contributed by atoms with E-state index in [2.05, 4.69) is 17.1 Å². The first-order chi connectivity index (χ1) is 8.15. The van der Waals surface area contributed by atoms with Gasteiger partial charge in [-0.15, -0.1) is 0 Å². The van der Waals surface area contributed by atoms with Crippen LogP contribution in [0.2, 0.25) is 5.02 Å². The van der Waals surface area contributed by atoms with Crippen LogP contribution in [-0.4, -0.2) is 19.6 Å². The molecule has 0 radical (unpaired) electrons. The van der Waals surface area contributed by atoms with Gasteiger partial charge in [-0.2, -0.15) is 10.2 Å². The van der Waals surface area contributed by atoms with Crippen LogP contribution in [0.5, 0.6) is 0 Å². The molecular formula is C11H16ClN5. The first-order valence-electron chi connectivity index (χ1n) is 5.59. The zero-order valence-corrected chi connectivity index (χ0v) is 10.7. The Morgan fingerprint density at radius 1 is 1.47 bits per heavy atom. The standard InChI is InChI=1S/C11H16ClN5/c1-3-6-17-11(8(12)7-15-17)10(13)9-4-5-14-16(9)2/h4-5,7,10H,3,6,13H2,1-2H3. The van der Waals surface area contributed by atoms with Crippen molar-refractivity contribution in [2.45, 2.75) is 25.9 Å². The fourth-order valence-electron chi connectivity index (χ4n) is 1.90. The summed E-state index contributed by atoms with van der Waals surface area (Å²) in [6.45, 7) is 2.91. The van der Waals surface area contributed by atoms with E-state index in [4.69, 9.17) is 17.3 Å². The van der Waals surface area contributed by atoms with Crippen LogP contribution in [0, 0.1) is 0 Å². The van der Waals surface area contributed by atoms with E-state index in [1.807, 2.05) is 17.8 Å². The molecule has 0 saturated heterocycles. The van der Waals surface area contributed by atoms with Crippen molar-refractivity contribution in [1.82, 2.24) is 19.6 Å². The molecule has 0 aliphatic rings. The maximum absolute atomic E-state index is 6.23. The topological polar surface area (TPSA) is 61.7 Å². The normalized spacial score (nSPS) is 12.9. The number of halogens is 1. The van der Waals surface area contributed by atoms with Crippen molar-refractivity contribution < 1.29 is 0 Å². The van der Waals surface area contributed by atoms with Crippen molar-refractivity contribution in [3.8, 4) is 0 Å². The van der Waals surface area contributed by atoms with Crippen LogP contribution in [0.3, 0.4) is 0 Å². The summed E-state index contributed by atoms with van der Waals surface area (Å²) in [5.74, 6) is 0. The Labute approximate surface area is 105 Å². The lowest BCUT2D eigenvalue weighted by Gasteiger charge is -2.15. The Bertz CT molecular complexity index is 502. The molecule has 0 aliphatic heterocycles. The summed E-state index contributed by atoms with van der Waals surface area (Å²) in [5, 5.41) is 8.96. The van der Waals surface area contributed by atoms with Crippen LogP contribution in [0.25, 0.3) is 0 Å². The van der Waals surface area contributed by atoms with Crippen LogP contribution >= 0.6 is 11.6 Å². The Hall–Kier alpha value is -1.33. The van der Waals surface area contributed by atoms with Gasteiger partial charge in [0, 0.05) is 19.8 Å². The molecule has 0 aliphatic carbocycles. The van der Waals surface area contributed by atoms with E-state index in [-0.39, 0.29) is 6.04 Å². The van der Waals surface area contributed by atoms with Gasteiger partial charge in [0.1, 0.15) is 0 Å². The molecule has 2 N–H and O–H groups in total. The molecule has 17 heavy (non-hydrogen) atoms. The van der Waals surface area contributed by atoms with Crippen LogP contribution in [-0.2, 0) is 13.6 Å². The van der Waals surface area contributed by atoms with Crippen molar-refractivity contribution in [2.24, 2.45) is 12.8 Å². The third-order valence-corrected chi connectivity index (χ3v) is 3.03. The smallest absolute Gasteiger partial charge is 0.0908 e. The van der Waals surface area contributed by atoms with Gasteiger partial charge in [-0.1, -0.05) is 18.5 Å². The highest BCUT2D eigenvalue weighted by molar-refractivity contribution is 6.31. The van der Waals surface area contributed by atoms with Crippen LogP contribution in [0.1, 0.15) is 30.8 Å². The Kier molecular flexibility index (Phi) is 3.49. The second kappa shape index (κ2) is 4.89. The minimum atomic E-state index is -0.302. The molecule has 2 rings (SSSR count). The summed E-state index contributed by atoms with van der Waals surface area (Å²) in [6, 6.07) is 1.59. The molecule has 0 aromatic carbocycles. The molecule has 2 aromatic rings. The number of aromatic nitrogens is 4. The average molecular weight is 254 g/mol. The number of hydrogen-bond acceptors (Lipinski definition) is 3. The first kappa shape index (κ1) is 12.1. The fraction of sp³-hybridized carbons (Fsp3) is 0.455. The second-order valence-corrected chi connectivity index (χ2v) is 4.37. The van der Waals surface area contributed by atoms with Gasteiger partial charge in [-0.05, 0) is 12.5 Å². The van der Waals surface area contributed by atoms with E-state index >= 15 is 0 Å². The fourth-order valence-corrected chi connectivity index (χ4v) is 2.16. The van der Waals surface area contributed by atoms with E-state index in [1.54, 1.807) is 17.1 Å². The molecule has 1 atom stereocenters. The Morgan fingerprint density at radius 3 is 2.82 bits per heavy atom. The molecule has 5 nitrogen and oxygen atoms in total. The van der Waals surface area contributed by atoms with Gasteiger partial charge < -0.3 is 5.73 Å². The summed E-state index contributed by atoms with van der Waals surface area (Å²) >= 11 is 6.15. The SMILES string of the molecule is CCCn1ncc(Cl)c1C(N)c1ccnn1C. The van der Waals surface area contributed by atoms with Gasteiger partial charge in [0.15, 0.2) is 0 Å². The third-order valence-electron chi connectivity index (χ3n) is 2.74. The average Bonchev–Trinajstić information content (AvgIpc) is 2.86. The molecule has 1 unspecified atom stereocenters. The third kappa shape index (κ3) is 2.21. The molecule has 0 bridgehead atoms. The number of nitrogens with zero attached hydrogens (tertiary/aromatic N) is 4. The molecule has 6 heteroatoms. The molecular weight excluding hydrogens is 238 g/mol. The van der Waals surface area contributed by atoms with Gasteiger partial charge in [0.25, 0.3) is 0 Å². The molecule has 2 aromatic heterocycles. The van der Waals surface area contributed by atoms with E-state index in [0.717, 1.165) is 24.4 Å². The molecule has 2 heterocycles. The van der Waals surface area contributed by atoms with Crippen molar-refractivity contribution in [2.75, 3.05) is 0 Å². The molecule has 0 fully saturated rings. The van der Waals surface area contributed by atoms with Crippen LogP contribution in [0.15, 0.2) is 18.5 Å².